The molecule has 23 heavy (non-hydrogen) atoms. The number of thiazole rings is 1. The van der Waals surface area contributed by atoms with Gasteiger partial charge in [-0.3, -0.25) is 4.79 Å². The van der Waals surface area contributed by atoms with E-state index in [1.54, 1.807) is 6.92 Å². The summed E-state index contributed by atoms with van der Waals surface area (Å²) in [6.07, 6.45) is 0.0846. The average molecular weight is 372 g/mol. The van der Waals surface area contributed by atoms with Crippen molar-refractivity contribution in [3.05, 3.63) is 16.1 Å². The second-order valence-electron chi connectivity index (χ2n) is 5.72. The fraction of sp³-hybridized carbons (Fsp3) is 0.714. The van der Waals surface area contributed by atoms with E-state index in [4.69, 9.17) is 5.73 Å². The van der Waals surface area contributed by atoms with Gasteiger partial charge in [0, 0.05) is 5.38 Å². The van der Waals surface area contributed by atoms with E-state index in [1.807, 2.05) is 0 Å². The van der Waals surface area contributed by atoms with Crippen LogP contribution in [0.15, 0.2) is 5.38 Å². The molecule has 1 heterocycles. The zero-order valence-corrected chi connectivity index (χ0v) is 14.4. The van der Waals surface area contributed by atoms with Crippen LogP contribution in [0.5, 0.6) is 0 Å². The van der Waals surface area contributed by atoms with Gasteiger partial charge in [0.25, 0.3) is 0 Å². The van der Waals surface area contributed by atoms with Crippen LogP contribution in [0.3, 0.4) is 0 Å². The Labute approximate surface area is 143 Å². The van der Waals surface area contributed by atoms with Gasteiger partial charge in [-0.25, -0.2) is 4.98 Å². The molecule has 4 nitrogen and oxygen atoms in total. The molecule has 9 heteroatoms. The standard InChI is InChI=1S/C14H20F3N3OS.ClH/c1-2-9(11-20-10(8-22-11)14(15,16)17)19-12(21)13(18)6-4-3-5-7-13;/h8-9H,2-7,18H2,1H3,(H,19,21);1H. The molecule has 1 fully saturated rings. The number of nitrogens with one attached hydrogen (secondary N) is 1. The molecular weight excluding hydrogens is 351 g/mol. The molecule has 1 amide bonds. The van der Waals surface area contributed by atoms with Crippen LogP contribution < -0.4 is 11.1 Å². The molecule has 0 spiro atoms. The van der Waals surface area contributed by atoms with E-state index in [2.05, 4.69) is 10.3 Å². The minimum atomic E-state index is -4.46. The maximum absolute atomic E-state index is 12.6. The number of rotatable bonds is 4. The van der Waals surface area contributed by atoms with Crippen LogP contribution >= 0.6 is 23.7 Å². The summed E-state index contributed by atoms with van der Waals surface area (Å²) in [5.74, 6) is -0.289. The number of nitrogens with two attached hydrogens (primary N) is 1. The van der Waals surface area contributed by atoms with Crippen LogP contribution in [-0.2, 0) is 11.0 Å². The molecule has 1 unspecified atom stereocenters. The maximum atomic E-state index is 12.6. The Kier molecular flexibility index (Phi) is 6.85. The van der Waals surface area contributed by atoms with Crippen LogP contribution in [0, 0.1) is 0 Å². The number of carbonyl (C=O) groups is 1. The molecule has 3 N–H and O–H groups in total. The van der Waals surface area contributed by atoms with Crippen LogP contribution in [0.1, 0.15) is 62.2 Å². The first-order valence-electron chi connectivity index (χ1n) is 7.39. The third kappa shape index (κ3) is 4.81. The summed E-state index contributed by atoms with van der Waals surface area (Å²) in [6, 6.07) is -0.532. The Morgan fingerprint density at radius 2 is 2.04 bits per heavy atom. The summed E-state index contributed by atoms with van der Waals surface area (Å²) in [6.45, 7) is 1.80. The van der Waals surface area contributed by atoms with E-state index in [-0.39, 0.29) is 23.3 Å². The number of aromatic nitrogens is 1. The molecular formula is C14H21ClF3N3OS. The fourth-order valence-corrected chi connectivity index (χ4v) is 3.59. The first-order valence-corrected chi connectivity index (χ1v) is 8.26. The number of hydrogen-bond acceptors (Lipinski definition) is 4. The lowest BCUT2D eigenvalue weighted by Gasteiger charge is -2.33. The Morgan fingerprint density at radius 3 is 2.52 bits per heavy atom. The van der Waals surface area contributed by atoms with Gasteiger partial charge >= 0.3 is 6.18 Å². The molecule has 1 aliphatic carbocycles. The largest absolute Gasteiger partial charge is 0.434 e. The SMILES string of the molecule is CCC(NC(=O)C1(N)CCCCC1)c1nc(C(F)(F)F)cs1.Cl. The predicted octanol–water partition coefficient (Wildman–Crippen LogP) is 3.81. The van der Waals surface area contributed by atoms with Crippen LogP contribution in [0.4, 0.5) is 13.2 Å². The molecule has 0 aliphatic heterocycles. The Morgan fingerprint density at radius 1 is 1.43 bits per heavy atom. The molecule has 1 aromatic heterocycles. The number of amides is 1. The van der Waals surface area contributed by atoms with Gasteiger partial charge in [-0.2, -0.15) is 13.2 Å². The molecule has 1 atom stereocenters. The number of carbonyl (C=O) groups excluding carboxylic acids is 1. The molecule has 2 rings (SSSR count). The summed E-state index contributed by atoms with van der Waals surface area (Å²) < 4.78 is 37.9. The first kappa shape index (κ1) is 20.2. The van der Waals surface area contributed by atoms with E-state index in [0.717, 1.165) is 36.0 Å². The van der Waals surface area contributed by atoms with Crippen molar-refractivity contribution in [2.45, 2.75) is 63.2 Å². The second-order valence-corrected chi connectivity index (χ2v) is 6.61. The quantitative estimate of drug-likeness (QED) is 0.845. The summed E-state index contributed by atoms with van der Waals surface area (Å²) in [4.78, 5) is 16.0. The summed E-state index contributed by atoms with van der Waals surface area (Å²) in [7, 11) is 0. The Balaban J connectivity index is 0.00000264. The van der Waals surface area contributed by atoms with Crippen molar-refractivity contribution in [1.29, 1.82) is 0 Å². The molecule has 0 radical (unpaired) electrons. The zero-order valence-electron chi connectivity index (χ0n) is 12.8. The number of hydrogen-bond donors (Lipinski definition) is 2. The van der Waals surface area contributed by atoms with Crippen LogP contribution in [0.25, 0.3) is 0 Å². The fourth-order valence-electron chi connectivity index (χ4n) is 2.63. The summed E-state index contributed by atoms with van der Waals surface area (Å²) in [5.41, 5.74) is 4.33. The van der Waals surface area contributed by atoms with E-state index in [1.165, 1.54) is 0 Å². The lowest BCUT2D eigenvalue weighted by molar-refractivity contribution is -0.140. The smallest absolute Gasteiger partial charge is 0.345 e. The highest BCUT2D eigenvalue weighted by Gasteiger charge is 2.38. The molecule has 1 aliphatic rings. The minimum absolute atomic E-state index is 0. The van der Waals surface area contributed by atoms with Crippen molar-refractivity contribution in [1.82, 2.24) is 10.3 Å². The topological polar surface area (TPSA) is 68.0 Å². The van der Waals surface area contributed by atoms with Gasteiger partial charge in [-0.05, 0) is 19.3 Å². The monoisotopic (exact) mass is 371 g/mol. The summed E-state index contributed by atoms with van der Waals surface area (Å²) >= 11 is 0.910. The Bertz CT molecular complexity index is 530. The highest BCUT2D eigenvalue weighted by atomic mass is 35.5. The van der Waals surface area contributed by atoms with Crippen LogP contribution in [0.2, 0.25) is 0 Å². The number of nitrogens with zero attached hydrogens (tertiary/aromatic N) is 1. The van der Waals surface area contributed by atoms with Gasteiger partial charge in [0.05, 0.1) is 11.6 Å². The van der Waals surface area contributed by atoms with Gasteiger partial charge in [-0.15, -0.1) is 23.7 Å². The van der Waals surface area contributed by atoms with Crippen molar-refractivity contribution in [3.63, 3.8) is 0 Å². The summed E-state index contributed by atoms with van der Waals surface area (Å²) in [5, 5.41) is 4.02. The molecule has 0 bridgehead atoms. The van der Waals surface area contributed by atoms with Crippen molar-refractivity contribution in [2.75, 3.05) is 0 Å². The number of alkyl halides is 3. The van der Waals surface area contributed by atoms with E-state index >= 15 is 0 Å². The van der Waals surface area contributed by atoms with Crippen molar-refractivity contribution < 1.29 is 18.0 Å². The highest BCUT2D eigenvalue weighted by Crippen LogP contribution is 2.33. The maximum Gasteiger partial charge on any atom is 0.434 e. The van der Waals surface area contributed by atoms with Crippen molar-refractivity contribution in [2.24, 2.45) is 5.73 Å². The van der Waals surface area contributed by atoms with E-state index in [0.29, 0.717) is 19.3 Å². The number of halogens is 4. The molecule has 0 aromatic carbocycles. The highest BCUT2D eigenvalue weighted by molar-refractivity contribution is 7.09. The van der Waals surface area contributed by atoms with Gasteiger partial charge < -0.3 is 11.1 Å². The lowest BCUT2D eigenvalue weighted by Crippen LogP contribution is -2.55. The minimum Gasteiger partial charge on any atom is -0.345 e. The van der Waals surface area contributed by atoms with Gasteiger partial charge in [0.2, 0.25) is 5.91 Å². The third-order valence-electron chi connectivity index (χ3n) is 4.02. The second kappa shape index (κ2) is 7.81. The van der Waals surface area contributed by atoms with E-state index in [9.17, 15) is 18.0 Å². The van der Waals surface area contributed by atoms with Gasteiger partial charge in [-0.1, -0.05) is 26.2 Å². The van der Waals surface area contributed by atoms with E-state index < -0.39 is 23.5 Å². The van der Waals surface area contributed by atoms with Crippen molar-refractivity contribution >= 4 is 29.7 Å². The molecule has 1 saturated carbocycles. The van der Waals surface area contributed by atoms with Crippen molar-refractivity contribution in [3.8, 4) is 0 Å². The molecule has 1 aromatic rings. The van der Waals surface area contributed by atoms with Gasteiger partial charge in [0.15, 0.2) is 5.69 Å². The third-order valence-corrected chi connectivity index (χ3v) is 4.98. The normalized spacial score (nSPS) is 18.8. The predicted molar refractivity (Wildman–Crippen MR) is 85.5 cm³/mol. The lowest BCUT2D eigenvalue weighted by atomic mass is 9.81. The first-order chi connectivity index (χ1) is 10.3. The Hall–Kier alpha value is -0.860. The zero-order chi connectivity index (χ0) is 16.4. The molecule has 132 valence electrons. The molecule has 0 saturated heterocycles. The average Bonchev–Trinajstić information content (AvgIpc) is 2.95. The van der Waals surface area contributed by atoms with Crippen LogP contribution in [-0.4, -0.2) is 16.4 Å². The van der Waals surface area contributed by atoms with Gasteiger partial charge in [0.1, 0.15) is 5.01 Å².